The van der Waals surface area contributed by atoms with Gasteiger partial charge in [-0.2, -0.15) is 0 Å². The normalized spacial score (nSPS) is 18.5. The van der Waals surface area contributed by atoms with Crippen LogP contribution >= 0.6 is 0 Å². The van der Waals surface area contributed by atoms with Gasteiger partial charge in [-0.25, -0.2) is 4.79 Å². The lowest BCUT2D eigenvalue weighted by atomic mass is 9.87. The van der Waals surface area contributed by atoms with Gasteiger partial charge in [0.25, 0.3) is 5.91 Å². The molecule has 2 aromatic carbocycles. The lowest BCUT2D eigenvalue weighted by Gasteiger charge is -2.15. The number of benzene rings is 2. The molecular formula is C19H19NO4. The fourth-order valence-corrected chi connectivity index (χ4v) is 3.17. The van der Waals surface area contributed by atoms with E-state index in [1.165, 1.54) is 13.2 Å². The van der Waals surface area contributed by atoms with E-state index < -0.39 is 5.97 Å². The number of esters is 1. The Morgan fingerprint density at radius 2 is 1.88 bits per heavy atom. The minimum atomic E-state index is -0.477. The summed E-state index contributed by atoms with van der Waals surface area (Å²) < 4.78 is 10.8. The fraction of sp³-hybridized carbons (Fsp3) is 0.263. The molecule has 3 rings (SSSR count). The molecule has 5 nitrogen and oxygen atoms in total. The van der Waals surface area contributed by atoms with E-state index in [1.54, 1.807) is 13.1 Å². The summed E-state index contributed by atoms with van der Waals surface area (Å²) in [5.74, 6) is -0.287. The summed E-state index contributed by atoms with van der Waals surface area (Å²) in [5, 5.41) is 2.59. The second-order valence-corrected chi connectivity index (χ2v) is 5.72. The molecule has 2 atom stereocenters. The highest BCUT2D eigenvalue weighted by atomic mass is 16.5. The predicted octanol–water partition coefficient (Wildman–Crippen LogP) is 2.75. The van der Waals surface area contributed by atoms with Crippen LogP contribution in [0.25, 0.3) is 0 Å². The van der Waals surface area contributed by atoms with Crippen LogP contribution in [0.1, 0.15) is 44.7 Å². The molecule has 0 aromatic heterocycles. The Labute approximate surface area is 140 Å². The first kappa shape index (κ1) is 16.1. The standard InChI is InChI=1S/C19H19NO4/c1-11-16(12-7-5-4-6-8-12)14-9-13(19(22)23-3)10-15(17(14)24-11)18(21)20-2/h4-11,16H,1-3H3,(H,20,21)/t11-,16+/m1/s1. The van der Waals surface area contributed by atoms with Gasteiger partial charge >= 0.3 is 5.97 Å². The van der Waals surface area contributed by atoms with Gasteiger partial charge in [0, 0.05) is 18.5 Å². The molecule has 24 heavy (non-hydrogen) atoms. The highest BCUT2D eigenvalue weighted by Gasteiger charge is 2.36. The molecule has 0 bridgehead atoms. The van der Waals surface area contributed by atoms with Gasteiger partial charge in [-0.15, -0.1) is 0 Å². The molecule has 0 saturated carbocycles. The Hall–Kier alpha value is -2.82. The van der Waals surface area contributed by atoms with E-state index >= 15 is 0 Å². The lowest BCUT2D eigenvalue weighted by molar-refractivity contribution is 0.0600. The molecule has 0 unspecified atom stereocenters. The van der Waals surface area contributed by atoms with Crippen LogP contribution in [0, 0.1) is 0 Å². The van der Waals surface area contributed by atoms with Crippen molar-refractivity contribution in [1.29, 1.82) is 0 Å². The van der Waals surface area contributed by atoms with E-state index in [9.17, 15) is 9.59 Å². The Morgan fingerprint density at radius 1 is 1.17 bits per heavy atom. The number of nitrogens with one attached hydrogen (secondary N) is 1. The molecule has 1 heterocycles. The molecule has 0 radical (unpaired) electrons. The van der Waals surface area contributed by atoms with Crippen LogP contribution in [0.4, 0.5) is 0 Å². The number of fused-ring (bicyclic) bond motifs is 1. The van der Waals surface area contributed by atoms with Crippen LogP contribution in [-0.4, -0.2) is 32.1 Å². The molecule has 0 aliphatic carbocycles. The molecule has 0 saturated heterocycles. The number of ether oxygens (including phenoxy) is 2. The molecule has 1 N–H and O–H groups in total. The summed E-state index contributed by atoms with van der Waals surface area (Å²) in [6.45, 7) is 1.96. The summed E-state index contributed by atoms with van der Waals surface area (Å²) in [6, 6.07) is 13.2. The van der Waals surface area contributed by atoms with Gasteiger partial charge in [0.1, 0.15) is 11.9 Å². The monoisotopic (exact) mass is 325 g/mol. The average molecular weight is 325 g/mol. The van der Waals surface area contributed by atoms with Crippen molar-refractivity contribution < 1.29 is 19.1 Å². The lowest BCUT2D eigenvalue weighted by Crippen LogP contribution is -2.19. The van der Waals surface area contributed by atoms with Crippen LogP contribution in [0.2, 0.25) is 0 Å². The molecular weight excluding hydrogens is 306 g/mol. The molecule has 1 amide bonds. The summed E-state index contributed by atoms with van der Waals surface area (Å²) in [5.41, 5.74) is 2.60. The number of hydrogen-bond acceptors (Lipinski definition) is 4. The first-order valence-electron chi connectivity index (χ1n) is 7.76. The fourth-order valence-electron chi connectivity index (χ4n) is 3.17. The Bertz CT molecular complexity index is 785. The first-order chi connectivity index (χ1) is 11.6. The quantitative estimate of drug-likeness (QED) is 0.881. The van der Waals surface area contributed by atoms with Crippen molar-refractivity contribution in [1.82, 2.24) is 5.32 Å². The third-order valence-corrected chi connectivity index (χ3v) is 4.28. The number of rotatable bonds is 3. The van der Waals surface area contributed by atoms with E-state index in [-0.39, 0.29) is 17.9 Å². The smallest absolute Gasteiger partial charge is 0.337 e. The molecule has 5 heteroatoms. The van der Waals surface area contributed by atoms with Crippen molar-refractivity contribution in [3.05, 3.63) is 64.7 Å². The number of carbonyl (C=O) groups is 2. The van der Waals surface area contributed by atoms with E-state index in [0.29, 0.717) is 16.9 Å². The largest absolute Gasteiger partial charge is 0.489 e. The minimum absolute atomic E-state index is 0.0470. The van der Waals surface area contributed by atoms with Gasteiger partial charge < -0.3 is 14.8 Å². The number of amides is 1. The Morgan fingerprint density at radius 3 is 2.50 bits per heavy atom. The molecule has 1 aliphatic heterocycles. The summed E-state index contributed by atoms with van der Waals surface area (Å²) in [6.07, 6.45) is -0.140. The number of methoxy groups -OCH3 is 1. The Balaban J connectivity index is 2.20. The van der Waals surface area contributed by atoms with Gasteiger partial charge in [0.05, 0.1) is 18.2 Å². The van der Waals surface area contributed by atoms with Crippen molar-refractivity contribution in [2.75, 3.05) is 14.2 Å². The van der Waals surface area contributed by atoms with E-state index in [2.05, 4.69) is 5.32 Å². The topological polar surface area (TPSA) is 64.6 Å². The van der Waals surface area contributed by atoms with Crippen molar-refractivity contribution in [3.63, 3.8) is 0 Å². The van der Waals surface area contributed by atoms with Gasteiger partial charge in [-0.1, -0.05) is 30.3 Å². The van der Waals surface area contributed by atoms with Crippen molar-refractivity contribution in [2.24, 2.45) is 0 Å². The first-order valence-corrected chi connectivity index (χ1v) is 7.76. The SMILES string of the molecule is CNC(=O)c1cc(C(=O)OC)cc2c1O[C@H](C)[C@H]2c1ccccc1. The maximum Gasteiger partial charge on any atom is 0.337 e. The average Bonchev–Trinajstić information content (AvgIpc) is 2.95. The molecule has 1 aliphatic rings. The summed E-state index contributed by atoms with van der Waals surface area (Å²) in [7, 11) is 2.87. The van der Waals surface area contributed by atoms with Crippen LogP contribution in [0.5, 0.6) is 5.75 Å². The van der Waals surface area contributed by atoms with E-state index in [4.69, 9.17) is 9.47 Å². The maximum atomic E-state index is 12.2. The van der Waals surface area contributed by atoms with Gasteiger partial charge in [-0.3, -0.25) is 4.79 Å². The zero-order chi connectivity index (χ0) is 17.3. The van der Waals surface area contributed by atoms with Crippen LogP contribution in [-0.2, 0) is 4.74 Å². The molecule has 2 aromatic rings. The van der Waals surface area contributed by atoms with E-state index in [0.717, 1.165) is 11.1 Å². The zero-order valence-electron chi connectivity index (χ0n) is 13.8. The van der Waals surface area contributed by atoms with Crippen LogP contribution in [0.3, 0.4) is 0 Å². The number of carbonyl (C=O) groups excluding carboxylic acids is 2. The third kappa shape index (κ3) is 2.62. The second kappa shape index (κ2) is 6.35. The highest BCUT2D eigenvalue weighted by molar-refractivity contribution is 6.01. The highest BCUT2D eigenvalue weighted by Crippen LogP contribution is 2.44. The van der Waals surface area contributed by atoms with Crippen LogP contribution in [0.15, 0.2) is 42.5 Å². The summed E-state index contributed by atoms with van der Waals surface area (Å²) >= 11 is 0. The maximum absolute atomic E-state index is 12.2. The van der Waals surface area contributed by atoms with Crippen molar-refractivity contribution >= 4 is 11.9 Å². The third-order valence-electron chi connectivity index (χ3n) is 4.28. The zero-order valence-corrected chi connectivity index (χ0v) is 13.8. The van der Waals surface area contributed by atoms with Gasteiger partial charge in [-0.05, 0) is 24.6 Å². The Kier molecular flexibility index (Phi) is 4.25. The van der Waals surface area contributed by atoms with E-state index in [1.807, 2.05) is 37.3 Å². The molecule has 0 spiro atoms. The van der Waals surface area contributed by atoms with Crippen LogP contribution < -0.4 is 10.1 Å². The predicted molar refractivity (Wildman–Crippen MR) is 89.5 cm³/mol. The van der Waals surface area contributed by atoms with Gasteiger partial charge in [0.15, 0.2) is 0 Å². The van der Waals surface area contributed by atoms with Crippen molar-refractivity contribution in [2.45, 2.75) is 18.9 Å². The molecule has 0 fully saturated rings. The minimum Gasteiger partial charge on any atom is -0.489 e. The van der Waals surface area contributed by atoms with Crippen molar-refractivity contribution in [3.8, 4) is 5.75 Å². The number of hydrogen-bond donors (Lipinski definition) is 1. The second-order valence-electron chi connectivity index (χ2n) is 5.72. The van der Waals surface area contributed by atoms with Gasteiger partial charge in [0.2, 0.25) is 0 Å². The molecule has 124 valence electrons. The summed E-state index contributed by atoms with van der Waals surface area (Å²) in [4.78, 5) is 24.2.